The molecule has 0 aliphatic carbocycles. The lowest BCUT2D eigenvalue weighted by atomic mass is 10.4. The number of hydrogen-bond donors (Lipinski definition) is 0. The fourth-order valence-corrected chi connectivity index (χ4v) is 1.63. The van der Waals surface area contributed by atoms with E-state index in [9.17, 15) is 4.39 Å². The molecule has 0 unspecified atom stereocenters. The van der Waals surface area contributed by atoms with E-state index >= 15 is 0 Å². The van der Waals surface area contributed by atoms with E-state index in [2.05, 4.69) is 15.9 Å². The van der Waals surface area contributed by atoms with Crippen molar-refractivity contribution in [1.29, 1.82) is 5.26 Å². The average molecular weight is 206 g/mol. The minimum absolute atomic E-state index is 0.104. The van der Waals surface area contributed by atoms with Gasteiger partial charge in [0.25, 0.3) is 0 Å². The van der Waals surface area contributed by atoms with Crippen molar-refractivity contribution in [3.8, 4) is 6.07 Å². The molecule has 0 aliphatic heterocycles. The van der Waals surface area contributed by atoms with Crippen molar-refractivity contribution < 1.29 is 4.39 Å². The van der Waals surface area contributed by atoms with Crippen molar-refractivity contribution in [3.63, 3.8) is 0 Å². The predicted molar refractivity (Wildman–Crippen MR) is 36.7 cm³/mol. The Bertz CT molecular complexity index is 262. The van der Waals surface area contributed by atoms with Crippen LogP contribution in [0.4, 0.5) is 4.39 Å². The first-order chi connectivity index (χ1) is 4.24. The third-order valence-electron chi connectivity index (χ3n) is 0.777. The van der Waals surface area contributed by atoms with Gasteiger partial charge in [0.2, 0.25) is 0 Å². The van der Waals surface area contributed by atoms with Crippen molar-refractivity contribution in [2.75, 3.05) is 0 Å². The molecule has 0 N–H and O–H groups in total. The molecule has 0 spiro atoms. The van der Waals surface area contributed by atoms with Crippen molar-refractivity contribution >= 4 is 27.3 Å². The predicted octanol–water partition coefficient (Wildman–Crippen LogP) is 2.52. The molecule has 0 saturated heterocycles. The molecule has 0 aliphatic rings. The first kappa shape index (κ1) is 6.72. The molecule has 1 nitrogen and oxygen atoms in total. The molecule has 0 aromatic carbocycles. The number of halogens is 2. The van der Waals surface area contributed by atoms with Gasteiger partial charge in [0, 0.05) is 0 Å². The van der Waals surface area contributed by atoms with Gasteiger partial charge in [-0.3, -0.25) is 0 Å². The molecule has 1 heterocycles. The Morgan fingerprint density at radius 1 is 1.78 bits per heavy atom. The topological polar surface area (TPSA) is 23.8 Å². The van der Waals surface area contributed by atoms with Crippen molar-refractivity contribution in [1.82, 2.24) is 0 Å². The van der Waals surface area contributed by atoms with E-state index in [1.165, 1.54) is 6.07 Å². The zero-order valence-electron chi connectivity index (χ0n) is 4.19. The second-order valence-corrected chi connectivity index (χ2v) is 3.73. The van der Waals surface area contributed by atoms with E-state index in [4.69, 9.17) is 5.26 Å². The SMILES string of the molecule is N#Cc1cc(Br)sc1F. The van der Waals surface area contributed by atoms with Gasteiger partial charge < -0.3 is 0 Å². The molecule has 9 heavy (non-hydrogen) atoms. The zero-order valence-corrected chi connectivity index (χ0v) is 6.59. The maximum Gasteiger partial charge on any atom is 0.195 e. The zero-order chi connectivity index (χ0) is 6.85. The number of nitrogens with zero attached hydrogens (tertiary/aromatic N) is 1. The fourth-order valence-electron chi connectivity index (χ4n) is 0.416. The van der Waals surface area contributed by atoms with Gasteiger partial charge in [-0.15, -0.1) is 0 Å². The van der Waals surface area contributed by atoms with Crippen LogP contribution in [0, 0.1) is 16.5 Å². The summed E-state index contributed by atoms with van der Waals surface area (Å²) in [6, 6.07) is 3.18. The van der Waals surface area contributed by atoms with Crippen molar-refractivity contribution in [2.45, 2.75) is 0 Å². The van der Waals surface area contributed by atoms with Gasteiger partial charge >= 0.3 is 0 Å². The maximum atomic E-state index is 12.4. The van der Waals surface area contributed by atoms with Crippen LogP contribution in [-0.2, 0) is 0 Å². The van der Waals surface area contributed by atoms with Crippen LogP contribution in [-0.4, -0.2) is 0 Å². The molecule has 0 saturated carbocycles. The molecule has 0 radical (unpaired) electrons. The number of hydrogen-bond acceptors (Lipinski definition) is 2. The average Bonchev–Trinajstić information content (AvgIpc) is 2.10. The van der Waals surface area contributed by atoms with Gasteiger partial charge in [0.15, 0.2) is 5.13 Å². The van der Waals surface area contributed by atoms with Crippen LogP contribution in [0.3, 0.4) is 0 Å². The molecule has 0 atom stereocenters. The lowest BCUT2D eigenvalue weighted by Gasteiger charge is -1.71. The summed E-state index contributed by atoms with van der Waals surface area (Å²) >= 11 is 3.97. The van der Waals surface area contributed by atoms with Crippen LogP contribution in [0.25, 0.3) is 0 Å². The van der Waals surface area contributed by atoms with E-state index in [1.807, 2.05) is 0 Å². The van der Waals surface area contributed by atoms with E-state index in [0.717, 1.165) is 11.3 Å². The highest BCUT2D eigenvalue weighted by atomic mass is 79.9. The van der Waals surface area contributed by atoms with E-state index in [1.54, 1.807) is 6.07 Å². The molecule has 1 aromatic heterocycles. The lowest BCUT2D eigenvalue weighted by molar-refractivity contribution is 0.654. The molecule has 1 rings (SSSR count). The van der Waals surface area contributed by atoms with Gasteiger partial charge in [-0.2, -0.15) is 9.65 Å². The summed E-state index contributed by atoms with van der Waals surface area (Å²) in [5.41, 5.74) is 0.104. The Morgan fingerprint density at radius 2 is 2.44 bits per heavy atom. The van der Waals surface area contributed by atoms with Crippen molar-refractivity contribution in [2.24, 2.45) is 0 Å². The molecular weight excluding hydrogens is 205 g/mol. The number of rotatable bonds is 0. The Hall–Kier alpha value is -0.400. The largest absolute Gasteiger partial charge is 0.195 e. The van der Waals surface area contributed by atoms with Gasteiger partial charge in [-0.25, -0.2) is 0 Å². The summed E-state index contributed by atoms with van der Waals surface area (Å²) in [6.45, 7) is 0. The van der Waals surface area contributed by atoms with Crippen LogP contribution in [0.15, 0.2) is 9.85 Å². The van der Waals surface area contributed by atoms with Crippen LogP contribution >= 0.6 is 27.3 Å². The van der Waals surface area contributed by atoms with E-state index in [0.29, 0.717) is 3.79 Å². The summed E-state index contributed by atoms with van der Waals surface area (Å²) in [5.74, 6) is 0. The minimum Gasteiger partial charge on any atom is -0.194 e. The third-order valence-corrected chi connectivity index (χ3v) is 2.20. The quantitative estimate of drug-likeness (QED) is 0.639. The minimum atomic E-state index is -0.427. The Morgan fingerprint density at radius 3 is 2.67 bits per heavy atom. The van der Waals surface area contributed by atoms with Gasteiger partial charge in [0.05, 0.1) is 3.79 Å². The molecule has 0 amide bonds. The molecule has 1 aromatic rings. The van der Waals surface area contributed by atoms with Crippen LogP contribution in [0.1, 0.15) is 5.56 Å². The Kier molecular flexibility index (Phi) is 1.84. The molecular formula is C5HBrFNS. The van der Waals surface area contributed by atoms with Gasteiger partial charge in [-0.1, -0.05) is 11.3 Å². The summed E-state index contributed by atoms with van der Waals surface area (Å²) in [7, 11) is 0. The highest BCUT2D eigenvalue weighted by molar-refractivity contribution is 9.11. The first-order valence-electron chi connectivity index (χ1n) is 2.09. The maximum absolute atomic E-state index is 12.4. The lowest BCUT2D eigenvalue weighted by Crippen LogP contribution is -1.67. The second-order valence-electron chi connectivity index (χ2n) is 1.35. The van der Waals surface area contributed by atoms with Gasteiger partial charge in [-0.05, 0) is 22.0 Å². The molecule has 46 valence electrons. The van der Waals surface area contributed by atoms with Crippen LogP contribution in [0.5, 0.6) is 0 Å². The monoisotopic (exact) mass is 205 g/mol. The smallest absolute Gasteiger partial charge is 0.194 e. The summed E-state index contributed by atoms with van der Waals surface area (Å²) in [6.07, 6.45) is 0. The highest BCUT2D eigenvalue weighted by Crippen LogP contribution is 2.24. The second kappa shape index (κ2) is 2.46. The molecule has 4 heteroatoms. The van der Waals surface area contributed by atoms with Crippen LogP contribution in [0.2, 0.25) is 0 Å². The van der Waals surface area contributed by atoms with Crippen LogP contribution < -0.4 is 0 Å². The fraction of sp³-hybridized carbons (Fsp3) is 0. The molecule has 0 fully saturated rings. The van der Waals surface area contributed by atoms with E-state index in [-0.39, 0.29) is 5.56 Å². The Balaban J connectivity index is 3.20. The molecule has 0 bridgehead atoms. The number of nitriles is 1. The Labute approximate surface area is 63.9 Å². The highest BCUT2D eigenvalue weighted by Gasteiger charge is 2.04. The first-order valence-corrected chi connectivity index (χ1v) is 3.70. The van der Waals surface area contributed by atoms with E-state index < -0.39 is 5.13 Å². The number of thiophene rings is 1. The summed E-state index contributed by atoms with van der Waals surface area (Å²) in [5, 5.41) is 7.80. The summed E-state index contributed by atoms with van der Waals surface area (Å²) < 4.78 is 13.0. The van der Waals surface area contributed by atoms with Gasteiger partial charge in [0.1, 0.15) is 11.6 Å². The van der Waals surface area contributed by atoms with Crippen molar-refractivity contribution in [3.05, 3.63) is 20.5 Å². The summed E-state index contributed by atoms with van der Waals surface area (Å²) in [4.78, 5) is 0. The standard InChI is InChI=1S/C5HBrFNS/c6-4-1-3(2-8)5(7)9-4/h1H. The normalized spacial score (nSPS) is 9.00. The third kappa shape index (κ3) is 1.29.